The number of nitrogens with one attached hydrogen (secondary N) is 1. The maximum atomic E-state index is 13.7. The van der Waals surface area contributed by atoms with Crippen molar-refractivity contribution in [3.05, 3.63) is 59.2 Å². The molecule has 0 atom stereocenters. The number of aliphatic imine (C=N–C) groups is 1. The smallest absolute Gasteiger partial charge is 0.198 e. The lowest BCUT2D eigenvalue weighted by molar-refractivity contribution is 0.457. The van der Waals surface area contributed by atoms with Gasteiger partial charge in [-0.3, -0.25) is 9.67 Å². The van der Waals surface area contributed by atoms with Crippen molar-refractivity contribution >= 4 is 22.4 Å². The van der Waals surface area contributed by atoms with E-state index in [2.05, 4.69) is 20.1 Å². The van der Waals surface area contributed by atoms with Crippen molar-refractivity contribution in [1.82, 2.24) is 19.7 Å². The van der Waals surface area contributed by atoms with Gasteiger partial charge in [-0.1, -0.05) is 6.07 Å². The molecule has 28 heavy (non-hydrogen) atoms. The molecule has 4 rings (SSSR count). The highest BCUT2D eigenvalue weighted by Gasteiger charge is 2.16. The summed E-state index contributed by atoms with van der Waals surface area (Å²) in [5.41, 5.74) is 5.13. The Hall–Kier alpha value is -3.48. The molecule has 2 N–H and O–H groups in total. The van der Waals surface area contributed by atoms with E-state index in [1.165, 1.54) is 12.1 Å². The Labute approximate surface area is 161 Å². The number of rotatable bonds is 3. The summed E-state index contributed by atoms with van der Waals surface area (Å²) in [6.45, 7) is 5.68. The summed E-state index contributed by atoms with van der Waals surface area (Å²) in [5, 5.41) is 15.6. The van der Waals surface area contributed by atoms with E-state index < -0.39 is 0 Å². The number of halogens is 1. The van der Waals surface area contributed by atoms with Crippen LogP contribution in [0.5, 0.6) is 5.88 Å². The van der Waals surface area contributed by atoms with E-state index in [4.69, 9.17) is 0 Å². The van der Waals surface area contributed by atoms with Crippen LogP contribution < -0.4 is 0 Å². The third-order valence-electron chi connectivity index (χ3n) is 4.88. The summed E-state index contributed by atoms with van der Waals surface area (Å²) in [6.07, 6.45) is 1.64. The minimum Gasteiger partial charge on any atom is -0.494 e. The Balaban J connectivity index is 1.87. The lowest BCUT2D eigenvalue weighted by atomic mass is 10.0. The predicted octanol–water partition coefficient (Wildman–Crippen LogP) is 4.57. The maximum absolute atomic E-state index is 13.7. The van der Waals surface area contributed by atoms with Gasteiger partial charge in [-0.15, -0.1) is 0 Å². The first-order chi connectivity index (χ1) is 13.3. The molecule has 0 aliphatic rings. The number of nitrogens with zero attached hydrogens (tertiary/aromatic N) is 4. The highest BCUT2D eigenvalue weighted by Crippen LogP contribution is 2.32. The van der Waals surface area contributed by atoms with Crippen molar-refractivity contribution in [2.45, 2.75) is 20.8 Å². The summed E-state index contributed by atoms with van der Waals surface area (Å²) < 4.78 is 15.5. The number of aryl methyl sites for hydroxylation is 3. The molecule has 0 spiro atoms. The minimum atomic E-state index is -0.317. The van der Waals surface area contributed by atoms with Crippen molar-refractivity contribution < 1.29 is 9.50 Å². The molecule has 3 heterocycles. The van der Waals surface area contributed by atoms with Crippen LogP contribution in [0.1, 0.15) is 23.7 Å². The Morgan fingerprint density at radius 2 is 2.00 bits per heavy atom. The number of aromatic amines is 1. The van der Waals surface area contributed by atoms with E-state index in [-0.39, 0.29) is 11.7 Å². The van der Waals surface area contributed by atoms with Gasteiger partial charge in [-0.25, -0.2) is 9.38 Å². The van der Waals surface area contributed by atoms with Gasteiger partial charge in [0.25, 0.3) is 0 Å². The van der Waals surface area contributed by atoms with Crippen molar-refractivity contribution in [2.75, 3.05) is 0 Å². The Bertz CT molecular complexity index is 1220. The van der Waals surface area contributed by atoms with Gasteiger partial charge < -0.3 is 10.1 Å². The highest BCUT2D eigenvalue weighted by atomic mass is 19.1. The van der Waals surface area contributed by atoms with Crippen LogP contribution in [-0.4, -0.2) is 30.6 Å². The molecule has 0 aliphatic carbocycles. The first-order valence-electron chi connectivity index (χ1n) is 8.87. The summed E-state index contributed by atoms with van der Waals surface area (Å²) >= 11 is 0. The van der Waals surface area contributed by atoms with Gasteiger partial charge in [0.15, 0.2) is 11.7 Å². The Kier molecular flexibility index (Phi) is 4.22. The molecule has 4 aromatic rings. The molecule has 1 aromatic carbocycles. The largest absolute Gasteiger partial charge is 0.494 e. The third-order valence-corrected chi connectivity index (χ3v) is 4.88. The molecule has 0 saturated heterocycles. The average Bonchev–Trinajstić information content (AvgIpc) is 3.14. The van der Waals surface area contributed by atoms with Crippen LogP contribution in [0.3, 0.4) is 0 Å². The maximum Gasteiger partial charge on any atom is 0.198 e. The molecule has 0 saturated carbocycles. The standard InChI is InChI=1S/C21H20FN5O/c1-11-5-6-14(22)8-15(11)17-9-16-18(10-23-17)25-21(28)20(16)13(3)24-19-7-12(2)27(4)26-19/h5-10,25,28H,1-4H3. The lowest BCUT2D eigenvalue weighted by Gasteiger charge is -2.06. The van der Waals surface area contributed by atoms with Gasteiger partial charge in [0.1, 0.15) is 5.82 Å². The summed E-state index contributed by atoms with van der Waals surface area (Å²) in [4.78, 5) is 11.9. The van der Waals surface area contributed by atoms with E-state index >= 15 is 0 Å². The molecule has 0 radical (unpaired) electrons. The molecule has 3 aromatic heterocycles. The first kappa shape index (κ1) is 17.9. The molecule has 0 amide bonds. The normalized spacial score (nSPS) is 12.1. The van der Waals surface area contributed by atoms with E-state index in [0.717, 1.165) is 16.6 Å². The Morgan fingerprint density at radius 3 is 2.71 bits per heavy atom. The molecular formula is C21H20FN5O. The van der Waals surface area contributed by atoms with E-state index in [0.29, 0.717) is 33.9 Å². The molecule has 0 fully saturated rings. The average molecular weight is 377 g/mol. The molecular weight excluding hydrogens is 357 g/mol. The number of aromatic nitrogens is 4. The fourth-order valence-electron chi connectivity index (χ4n) is 3.29. The number of H-pyrrole nitrogens is 1. The third kappa shape index (κ3) is 3.05. The second-order valence-electron chi connectivity index (χ2n) is 6.89. The lowest BCUT2D eigenvalue weighted by Crippen LogP contribution is -1.95. The van der Waals surface area contributed by atoms with Gasteiger partial charge in [-0.05, 0) is 44.5 Å². The fourth-order valence-corrected chi connectivity index (χ4v) is 3.29. The first-order valence-corrected chi connectivity index (χ1v) is 8.87. The second kappa shape index (κ2) is 6.60. The van der Waals surface area contributed by atoms with Crippen LogP contribution in [0.4, 0.5) is 10.2 Å². The number of aromatic hydroxyl groups is 1. The van der Waals surface area contributed by atoms with Crippen LogP contribution >= 0.6 is 0 Å². The number of fused-ring (bicyclic) bond motifs is 1. The summed E-state index contributed by atoms with van der Waals surface area (Å²) in [5.74, 6) is 0.267. The zero-order chi connectivity index (χ0) is 20.0. The predicted molar refractivity (Wildman–Crippen MR) is 108 cm³/mol. The van der Waals surface area contributed by atoms with Crippen molar-refractivity contribution in [3.63, 3.8) is 0 Å². The van der Waals surface area contributed by atoms with Gasteiger partial charge in [0.05, 0.1) is 28.7 Å². The SMILES string of the molecule is CC(=Nc1cc(C)n(C)n1)c1c(O)[nH]c2cnc(-c3cc(F)ccc3C)cc12. The second-order valence-corrected chi connectivity index (χ2v) is 6.89. The van der Waals surface area contributed by atoms with Gasteiger partial charge in [-0.2, -0.15) is 5.10 Å². The number of benzene rings is 1. The fraction of sp³-hybridized carbons (Fsp3) is 0.190. The van der Waals surface area contributed by atoms with Crippen LogP contribution in [-0.2, 0) is 7.05 Å². The monoisotopic (exact) mass is 377 g/mol. The zero-order valence-corrected chi connectivity index (χ0v) is 16.1. The molecule has 0 unspecified atom stereocenters. The molecule has 7 heteroatoms. The highest BCUT2D eigenvalue weighted by molar-refractivity contribution is 6.13. The number of hydrogen-bond donors (Lipinski definition) is 2. The van der Waals surface area contributed by atoms with Crippen molar-refractivity contribution in [3.8, 4) is 17.1 Å². The van der Waals surface area contributed by atoms with E-state index in [9.17, 15) is 9.50 Å². The van der Waals surface area contributed by atoms with Crippen LogP contribution in [0.15, 0.2) is 41.5 Å². The van der Waals surface area contributed by atoms with Crippen LogP contribution in [0.2, 0.25) is 0 Å². The van der Waals surface area contributed by atoms with Crippen molar-refractivity contribution in [1.29, 1.82) is 0 Å². The Morgan fingerprint density at radius 1 is 1.21 bits per heavy atom. The van der Waals surface area contributed by atoms with E-state index in [1.54, 1.807) is 16.9 Å². The topological polar surface area (TPSA) is 79.1 Å². The molecule has 142 valence electrons. The zero-order valence-electron chi connectivity index (χ0n) is 16.1. The molecule has 0 aliphatic heterocycles. The molecule has 0 bridgehead atoms. The number of hydrogen-bond acceptors (Lipinski definition) is 4. The van der Waals surface area contributed by atoms with Crippen molar-refractivity contribution in [2.24, 2.45) is 12.0 Å². The van der Waals surface area contributed by atoms with Gasteiger partial charge in [0.2, 0.25) is 0 Å². The van der Waals surface area contributed by atoms with Crippen LogP contribution in [0.25, 0.3) is 22.2 Å². The van der Waals surface area contributed by atoms with Gasteiger partial charge >= 0.3 is 0 Å². The summed E-state index contributed by atoms with van der Waals surface area (Å²) in [6, 6.07) is 8.33. The van der Waals surface area contributed by atoms with Gasteiger partial charge in [0, 0.05) is 29.8 Å². The van der Waals surface area contributed by atoms with Crippen LogP contribution in [0, 0.1) is 19.7 Å². The van der Waals surface area contributed by atoms with E-state index in [1.807, 2.05) is 40.0 Å². The minimum absolute atomic E-state index is 0.0128. The quantitative estimate of drug-likeness (QED) is 0.514. The molecule has 6 nitrogen and oxygen atoms in total. The number of pyridine rings is 1. The summed E-state index contributed by atoms with van der Waals surface area (Å²) in [7, 11) is 1.85.